The van der Waals surface area contributed by atoms with Crippen LogP contribution in [-0.4, -0.2) is 14.7 Å². The van der Waals surface area contributed by atoms with Crippen LogP contribution in [0.5, 0.6) is 0 Å². The number of hydrogen-bond donors (Lipinski definition) is 1. The quantitative estimate of drug-likeness (QED) is 0.690. The van der Waals surface area contributed by atoms with E-state index in [1.807, 2.05) is 13.0 Å². The van der Waals surface area contributed by atoms with Gasteiger partial charge in [0.25, 0.3) is 5.91 Å². The average Bonchev–Trinajstić information content (AvgIpc) is 3.00. The number of benzene rings is 1. The van der Waals surface area contributed by atoms with Crippen LogP contribution in [-0.2, 0) is 0 Å². The van der Waals surface area contributed by atoms with Gasteiger partial charge >= 0.3 is 0 Å². The van der Waals surface area contributed by atoms with E-state index in [1.54, 1.807) is 12.1 Å². The predicted octanol–water partition coefficient (Wildman–Crippen LogP) is 4.73. The van der Waals surface area contributed by atoms with Crippen molar-refractivity contribution in [3.63, 3.8) is 0 Å². The van der Waals surface area contributed by atoms with E-state index in [4.69, 9.17) is 11.6 Å². The summed E-state index contributed by atoms with van der Waals surface area (Å²) in [5.74, 6) is -0.203. The summed E-state index contributed by atoms with van der Waals surface area (Å²) in [7, 11) is 0. The maximum Gasteiger partial charge on any atom is 0.265 e. The van der Waals surface area contributed by atoms with E-state index in [1.165, 1.54) is 11.3 Å². The second kappa shape index (κ2) is 5.40. The molecule has 0 saturated heterocycles. The third-order valence-electron chi connectivity index (χ3n) is 2.70. The first-order valence-electron chi connectivity index (χ1n) is 5.54. The lowest BCUT2D eigenvalue weighted by Gasteiger charge is -2.06. The van der Waals surface area contributed by atoms with Crippen molar-refractivity contribution in [2.45, 2.75) is 6.92 Å². The number of carbonyl (C=O) groups is 1. The van der Waals surface area contributed by atoms with Gasteiger partial charge in [-0.3, -0.25) is 4.79 Å². The molecule has 102 valence electrons. The first-order valence-corrected chi connectivity index (χ1v) is 8.26. The molecule has 2 heterocycles. The van der Waals surface area contributed by atoms with Crippen molar-refractivity contribution in [2.75, 3.05) is 5.32 Å². The number of hydrogen-bond acceptors (Lipinski definition) is 5. The fourth-order valence-corrected chi connectivity index (χ4v) is 3.87. The topological polar surface area (TPSA) is 54.9 Å². The Kier molecular flexibility index (Phi) is 3.76. The van der Waals surface area contributed by atoms with E-state index in [9.17, 15) is 4.79 Å². The van der Waals surface area contributed by atoms with Crippen molar-refractivity contribution in [2.24, 2.45) is 0 Å². The third-order valence-corrected chi connectivity index (χ3v) is 5.69. The Balaban J connectivity index is 1.98. The van der Waals surface area contributed by atoms with Gasteiger partial charge < -0.3 is 5.32 Å². The summed E-state index contributed by atoms with van der Waals surface area (Å²) in [4.78, 5) is 12.9. The van der Waals surface area contributed by atoms with Gasteiger partial charge in [0.2, 0.25) is 0 Å². The molecule has 20 heavy (non-hydrogen) atoms. The third kappa shape index (κ3) is 2.46. The van der Waals surface area contributed by atoms with Crippen LogP contribution in [0, 0.1) is 6.92 Å². The molecule has 3 aromatic rings. The molecule has 0 atom stereocenters. The highest BCUT2D eigenvalue weighted by Gasteiger charge is 2.16. The van der Waals surface area contributed by atoms with Crippen LogP contribution in [0.25, 0.3) is 11.0 Å². The summed E-state index contributed by atoms with van der Waals surface area (Å²) in [6.45, 7) is 1.94. The summed E-state index contributed by atoms with van der Waals surface area (Å²) in [5.41, 5.74) is 2.87. The number of amides is 1. The van der Waals surface area contributed by atoms with Crippen molar-refractivity contribution < 1.29 is 4.79 Å². The predicted molar refractivity (Wildman–Crippen MR) is 87.1 cm³/mol. The van der Waals surface area contributed by atoms with Crippen molar-refractivity contribution >= 4 is 73.2 Å². The molecular weight excluding hydrogens is 382 g/mol. The van der Waals surface area contributed by atoms with Crippen LogP contribution in [0.15, 0.2) is 22.0 Å². The van der Waals surface area contributed by atoms with Crippen LogP contribution >= 0.6 is 50.6 Å². The Morgan fingerprint density at radius 1 is 1.40 bits per heavy atom. The number of halogens is 2. The summed E-state index contributed by atoms with van der Waals surface area (Å²) in [6, 6.07) is 5.32. The summed E-state index contributed by atoms with van der Waals surface area (Å²) in [5, 5.41) is 3.27. The Labute approximate surface area is 136 Å². The van der Waals surface area contributed by atoms with Gasteiger partial charge in [0.1, 0.15) is 11.0 Å². The lowest BCUT2D eigenvalue weighted by molar-refractivity contribution is 0.103. The Bertz CT molecular complexity index is 795. The molecular formula is C12H7BrClN3OS2. The number of rotatable bonds is 2. The van der Waals surface area contributed by atoms with E-state index in [0.29, 0.717) is 21.1 Å². The lowest BCUT2D eigenvalue weighted by atomic mass is 10.2. The van der Waals surface area contributed by atoms with E-state index < -0.39 is 0 Å². The average molecular weight is 389 g/mol. The molecule has 1 aromatic carbocycles. The molecule has 1 amide bonds. The van der Waals surface area contributed by atoms with E-state index in [-0.39, 0.29) is 5.91 Å². The van der Waals surface area contributed by atoms with Gasteiger partial charge in [-0.2, -0.15) is 8.75 Å². The van der Waals surface area contributed by atoms with Crippen molar-refractivity contribution in [1.29, 1.82) is 0 Å². The molecule has 4 nitrogen and oxygen atoms in total. The minimum absolute atomic E-state index is 0.203. The van der Waals surface area contributed by atoms with Crippen LogP contribution < -0.4 is 5.32 Å². The molecule has 0 fully saturated rings. The van der Waals surface area contributed by atoms with Crippen LogP contribution in [0.1, 0.15) is 15.2 Å². The minimum Gasteiger partial charge on any atom is -0.318 e. The molecule has 0 bridgehead atoms. The number of anilines is 1. The molecule has 0 saturated carbocycles. The molecule has 1 N–H and O–H groups in total. The number of aryl methyl sites for hydroxylation is 1. The van der Waals surface area contributed by atoms with E-state index in [2.05, 4.69) is 30.0 Å². The number of thiophene rings is 1. The SMILES string of the molecule is Cc1cc(C(=O)Nc2c(Cl)ccc3nsnc23)sc1Br. The van der Waals surface area contributed by atoms with Gasteiger partial charge in [0.15, 0.2) is 0 Å². The Morgan fingerprint density at radius 3 is 2.90 bits per heavy atom. The van der Waals surface area contributed by atoms with Crippen molar-refractivity contribution in [1.82, 2.24) is 8.75 Å². The van der Waals surface area contributed by atoms with Gasteiger partial charge in [0, 0.05) is 0 Å². The molecule has 0 radical (unpaired) electrons. The molecule has 0 aliphatic heterocycles. The Hall–Kier alpha value is -1.02. The van der Waals surface area contributed by atoms with Crippen molar-refractivity contribution in [3.05, 3.63) is 37.4 Å². The van der Waals surface area contributed by atoms with Crippen molar-refractivity contribution in [3.8, 4) is 0 Å². The minimum atomic E-state index is -0.203. The number of nitrogens with one attached hydrogen (secondary N) is 1. The monoisotopic (exact) mass is 387 g/mol. The number of fused-ring (bicyclic) bond motifs is 1. The zero-order valence-electron chi connectivity index (χ0n) is 10.1. The maximum atomic E-state index is 12.3. The molecule has 2 aromatic heterocycles. The second-order valence-corrected chi connectivity index (χ2v) is 7.38. The van der Waals surface area contributed by atoms with Gasteiger partial charge in [-0.25, -0.2) is 0 Å². The summed E-state index contributed by atoms with van der Waals surface area (Å²) >= 11 is 12.0. The summed E-state index contributed by atoms with van der Waals surface area (Å²) in [6.07, 6.45) is 0. The van der Waals surface area contributed by atoms with E-state index >= 15 is 0 Å². The van der Waals surface area contributed by atoms with Gasteiger partial charge in [0.05, 0.1) is 31.1 Å². The fraction of sp³-hybridized carbons (Fsp3) is 0.0833. The number of aromatic nitrogens is 2. The standard InChI is InChI=1S/C12H7BrClN3OS2/c1-5-4-8(19-11(5)13)12(18)15-9-6(14)2-3-7-10(9)17-20-16-7/h2-4H,1H3,(H,15,18). The highest BCUT2D eigenvalue weighted by atomic mass is 79.9. The first-order chi connectivity index (χ1) is 9.56. The second-order valence-electron chi connectivity index (χ2n) is 4.08. The first kappa shape index (κ1) is 13.9. The molecule has 0 aliphatic rings. The highest BCUT2D eigenvalue weighted by molar-refractivity contribution is 9.11. The molecule has 3 rings (SSSR count). The van der Waals surface area contributed by atoms with Gasteiger partial charge in [-0.15, -0.1) is 11.3 Å². The highest BCUT2D eigenvalue weighted by Crippen LogP contribution is 2.32. The molecule has 0 aliphatic carbocycles. The molecule has 8 heteroatoms. The lowest BCUT2D eigenvalue weighted by Crippen LogP contribution is -2.11. The largest absolute Gasteiger partial charge is 0.318 e. The zero-order valence-corrected chi connectivity index (χ0v) is 14.1. The molecule has 0 spiro atoms. The summed E-state index contributed by atoms with van der Waals surface area (Å²) < 4.78 is 9.26. The van der Waals surface area contributed by atoms with E-state index in [0.717, 1.165) is 26.6 Å². The van der Waals surface area contributed by atoms with Crippen LogP contribution in [0.3, 0.4) is 0 Å². The Morgan fingerprint density at radius 2 is 2.20 bits per heavy atom. The zero-order chi connectivity index (χ0) is 14.3. The maximum absolute atomic E-state index is 12.3. The van der Waals surface area contributed by atoms with Crippen LogP contribution in [0.4, 0.5) is 5.69 Å². The normalized spacial score (nSPS) is 10.9. The number of carbonyl (C=O) groups excluding carboxylic acids is 1. The van der Waals surface area contributed by atoms with Gasteiger partial charge in [-0.05, 0) is 46.6 Å². The number of nitrogens with zero attached hydrogens (tertiary/aromatic N) is 2. The molecule has 0 unspecified atom stereocenters. The van der Waals surface area contributed by atoms with Gasteiger partial charge in [-0.1, -0.05) is 11.6 Å². The smallest absolute Gasteiger partial charge is 0.265 e. The van der Waals surface area contributed by atoms with Crippen LogP contribution in [0.2, 0.25) is 5.02 Å². The fourth-order valence-electron chi connectivity index (χ4n) is 1.69.